The van der Waals surface area contributed by atoms with Crippen LogP contribution in [-0.2, 0) is 9.53 Å². The van der Waals surface area contributed by atoms with Gasteiger partial charge in [0, 0.05) is 12.1 Å². The van der Waals surface area contributed by atoms with Gasteiger partial charge in [0.15, 0.2) is 0 Å². The lowest BCUT2D eigenvalue weighted by Crippen LogP contribution is -2.36. The molecule has 0 fully saturated rings. The minimum absolute atomic E-state index is 0.0208. The summed E-state index contributed by atoms with van der Waals surface area (Å²) in [4.78, 5) is 21.6. The third-order valence-electron chi connectivity index (χ3n) is 2.44. The monoisotopic (exact) mass is 239 g/mol. The first-order valence-corrected chi connectivity index (χ1v) is 5.65. The molecule has 1 atom stereocenters. The normalized spacial score (nSPS) is 19.8. The van der Waals surface area contributed by atoms with Crippen LogP contribution in [-0.4, -0.2) is 29.8 Å². The summed E-state index contributed by atoms with van der Waals surface area (Å²) in [6, 6.07) is 0.0208. The Bertz CT molecular complexity index is 346. The van der Waals surface area contributed by atoms with Crippen molar-refractivity contribution in [3.05, 3.63) is 23.8 Å². The van der Waals surface area contributed by atoms with Crippen LogP contribution >= 0.6 is 0 Å². The molecule has 0 heterocycles. The molecule has 0 aromatic rings. The largest absolute Gasteiger partial charge is 0.478 e. The third kappa shape index (κ3) is 5.19. The summed E-state index contributed by atoms with van der Waals surface area (Å²) in [6.07, 6.45) is 6.58. The molecule has 1 amide bonds. The Morgan fingerprint density at radius 1 is 1.65 bits per heavy atom. The van der Waals surface area contributed by atoms with E-state index >= 15 is 0 Å². The van der Waals surface area contributed by atoms with Crippen molar-refractivity contribution >= 4 is 12.1 Å². The number of carbonyl (C=O) groups is 2. The number of rotatable bonds is 4. The van der Waals surface area contributed by atoms with Crippen LogP contribution in [0.4, 0.5) is 4.79 Å². The molecule has 0 saturated heterocycles. The second-order valence-electron chi connectivity index (χ2n) is 3.79. The van der Waals surface area contributed by atoms with Crippen LogP contribution in [0.15, 0.2) is 23.8 Å². The van der Waals surface area contributed by atoms with E-state index in [-0.39, 0.29) is 6.04 Å². The Balaban J connectivity index is 2.45. The van der Waals surface area contributed by atoms with Gasteiger partial charge in [-0.15, -0.1) is 0 Å². The first-order valence-electron chi connectivity index (χ1n) is 5.65. The molecule has 5 nitrogen and oxygen atoms in total. The number of allylic oxidation sites excluding steroid dienone is 2. The van der Waals surface area contributed by atoms with Crippen LogP contribution in [0.1, 0.15) is 26.2 Å². The van der Waals surface area contributed by atoms with E-state index in [2.05, 4.69) is 5.32 Å². The molecule has 0 radical (unpaired) electrons. The fraction of sp³-hybridized carbons (Fsp3) is 0.500. The molecule has 0 aromatic heterocycles. The van der Waals surface area contributed by atoms with E-state index in [9.17, 15) is 9.59 Å². The van der Waals surface area contributed by atoms with Crippen LogP contribution in [0.25, 0.3) is 0 Å². The molecule has 0 spiro atoms. The molecule has 5 heteroatoms. The van der Waals surface area contributed by atoms with Gasteiger partial charge in [0.1, 0.15) is 0 Å². The smallest absolute Gasteiger partial charge is 0.407 e. The molecule has 94 valence electrons. The highest BCUT2D eigenvalue weighted by Gasteiger charge is 2.16. The van der Waals surface area contributed by atoms with E-state index in [1.54, 1.807) is 13.0 Å². The number of ether oxygens (including phenoxy) is 1. The quantitative estimate of drug-likeness (QED) is 0.734. The summed E-state index contributed by atoms with van der Waals surface area (Å²) in [5, 5.41) is 11.3. The first-order chi connectivity index (χ1) is 8.11. The molecule has 1 aliphatic carbocycles. The van der Waals surface area contributed by atoms with Gasteiger partial charge in [0.2, 0.25) is 0 Å². The van der Waals surface area contributed by atoms with Gasteiger partial charge in [-0.1, -0.05) is 12.2 Å². The van der Waals surface area contributed by atoms with Gasteiger partial charge in [-0.05, 0) is 31.8 Å². The first kappa shape index (κ1) is 13.3. The summed E-state index contributed by atoms with van der Waals surface area (Å²) >= 11 is 0. The van der Waals surface area contributed by atoms with Crippen molar-refractivity contribution in [2.45, 2.75) is 32.2 Å². The zero-order chi connectivity index (χ0) is 12.7. The topological polar surface area (TPSA) is 75.6 Å². The Hall–Kier alpha value is -1.78. The SMILES string of the molecule is CCOC(=O)N[C@@H]1CCC=C(C=CC(=O)O)C1. The van der Waals surface area contributed by atoms with Crippen LogP contribution in [0.5, 0.6) is 0 Å². The number of nitrogens with one attached hydrogen (secondary N) is 1. The second-order valence-corrected chi connectivity index (χ2v) is 3.79. The molecular weight excluding hydrogens is 222 g/mol. The van der Waals surface area contributed by atoms with Gasteiger partial charge in [-0.25, -0.2) is 9.59 Å². The van der Waals surface area contributed by atoms with Crippen molar-refractivity contribution in [3.63, 3.8) is 0 Å². The van der Waals surface area contributed by atoms with Crippen molar-refractivity contribution in [3.8, 4) is 0 Å². The van der Waals surface area contributed by atoms with Crippen LogP contribution < -0.4 is 5.32 Å². The van der Waals surface area contributed by atoms with E-state index in [4.69, 9.17) is 9.84 Å². The average molecular weight is 239 g/mol. The standard InChI is InChI=1S/C12H17NO4/c1-2-17-12(16)13-10-5-3-4-9(8-10)6-7-11(14)15/h4,6-7,10H,2-3,5,8H2,1H3,(H,13,16)(H,14,15)/t10-/m1/s1. The Labute approximate surface area is 100 Å². The summed E-state index contributed by atoms with van der Waals surface area (Å²) in [6.45, 7) is 2.10. The lowest BCUT2D eigenvalue weighted by molar-refractivity contribution is -0.131. The maximum atomic E-state index is 11.2. The molecule has 1 rings (SSSR count). The minimum atomic E-state index is -0.966. The lowest BCUT2D eigenvalue weighted by atomic mass is 9.94. The molecule has 0 aliphatic heterocycles. The van der Waals surface area contributed by atoms with Gasteiger partial charge in [-0.2, -0.15) is 0 Å². The van der Waals surface area contributed by atoms with Crippen molar-refractivity contribution < 1.29 is 19.4 Å². The van der Waals surface area contributed by atoms with Crippen molar-refractivity contribution in [2.75, 3.05) is 6.61 Å². The van der Waals surface area contributed by atoms with E-state index in [0.717, 1.165) is 24.5 Å². The van der Waals surface area contributed by atoms with Gasteiger partial charge >= 0.3 is 12.1 Å². The number of carboxylic acids is 1. The predicted molar refractivity (Wildman–Crippen MR) is 62.7 cm³/mol. The fourth-order valence-corrected chi connectivity index (χ4v) is 1.72. The van der Waals surface area contributed by atoms with Gasteiger partial charge < -0.3 is 15.2 Å². The van der Waals surface area contributed by atoms with Gasteiger partial charge in [0.05, 0.1) is 6.61 Å². The average Bonchev–Trinajstić information content (AvgIpc) is 2.27. The van der Waals surface area contributed by atoms with Crippen molar-refractivity contribution in [1.82, 2.24) is 5.32 Å². The van der Waals surface area contributed by atoms with Crippen molar-refractivity contribution in [1.29, 1.82) is 0 Å². The molecule has 0 saturated carbocycles. The third-order valence-corrected chi connectivity index (χ3v) is 2.44. The van der Waals surface area contributed by atoms with Crippen LogP contribution in [0.2, 0.25) is 0 Å². The number of carboxylic acid groups (broad SMARTS) is 1. The van der Waals surface area contributed by atoms with Gasteiger partial charge in [0.25, 0.3) is 0 Å². The maximum absolute atomic E-state index is 11.2. The fourth-order valence-electron chi connectivity index (χ4n) is 1.72. The zero-order valence-electron chi connectivity index (χ0n) is 9.81. The van der Waals surface area contributed by atoms with E-state index in [0.29, 0.717) is 13.0 Å². The predicted octanol–water partition coefficient (Wildman–Crippen LogP) is 1.85. The molecule has 0 aromatic carbocycles. The van der Waals surface area contributed by atoms with Gasteiger partial charge in [-0.3, -0.25) is 0 Å². The van der Waals surface area contributed by atoms with Crippen molar-refractivity contribution in [2.24, 2.45) is 0 Å². The molecular formula is C12H17NO4. The Kier molecular flexibility index (Phi) is 5.26. The number of amides is 1. The highest BCUT2D eigenvalue weighted by atomic mass is 16.5. The minimum Gasteiger partial charge on any atom is -0.478 e. The summed E-state index contributed by atoms with van der Waals surface area (Å²) in [5.74, 6) is -0.966. The molecule has 17 heavy (non-hydrogen) atoms. The zero-order valence-corrected chi connectivity index (χ0v) is 9.81. The number of alkyl carbamates (subject to hydrolysis) is 1. The second kappa shape index (κ2) is 6.73. The lowest BCUT2D eigenvalue weighted by Gasteiger charge is -2.22. The number of carbonyl (C=O) groups excluding carboxylic acids is 1. The molecule has 0 bridgehead atoms. The summed E-state index contributed by atoms with van der Waals surface area (Å²) < 4.78 is 4.80. The molecule has 2 N–H and O–H groups in total. The Morgan fingerprint density at radius 3 is 3.06 bits per heavy atom. The van der Waals surface area contributed by atoms with Crippen LogP contribution in [0.3, 0.4) is 0 Å². The van der Waals surface area contributed by atoms with E-state index in [1.807, 2.05) is 6.08 Å². The van der Waals surface area contributed by atoms with Crippen LogP contribution in [0, 0.1) is 0 Å². The molecule has 0 unspecified atom stereocenters. The highest BCUT2D eigenvalue weighted by molar-refractivity contribution is 5.80. The van der Waals surface area contributed by atoms with E-state index in [1.165, 1.54) is 0 Å². The summed E-state index contributed by atoms with van der Waals surface area (Å²) in [7, 11) is 0. The number of hydrogen-bond donors (Lipinski definition) is 2. The maximum Gasteiger partial charge on any atom is 0.407 e. The Morgan fingerprint density at radius 2 is 2.41 bits per heavy atom. The van der Waals surface area contributed by atoms with E-state index < -0.39 is 12.1 Å². The number of hydrogen-bond acceptors (Lipinski definition) is 3. The number of aliphatic carboxylic acids is 1. The highest BCUT2D eigenvalue weighted by Crippen LogP contribution is 2.19. The molecule has 1 aliphatic rings. The summed E-state index contributed by atoms with van der Waals surface area (Å²) in [5.41, 5.74) is 0.931.